The predicted molar refractivity (Wildman–Crippen MR) is 85.3 cm³/mol. The number of carbonyl (C=O) groups excluding carboxylic acids is 1. The molecule has 0 radical (unpaired) electrons. The SMILES string of the molecule is COc1cccc(Cl)c1CNc1cc(C(N)=O)ccc1Cl. The zero-order valence-corrected chi connectivity index (χ0v) is 12.8. The number of nitrogens with two attached hydrogens (primary N) is 1. The summed E-state index contributed by atoms with van der Waals surface area (Å²) >= 11 is 12.3. The molecule has 2 aromatic rings. The third-order valence-electron chi connectivity index (χ3n) is 3.00. The Balaban J connectivity index is 2.24. The number of anilines is 1. The Kier molecular flexibility index (Phi) is 4.94. The van der Waals surface area contributed by atoms with E-state index in [-0.39, 0.29) is 0 Å². The van der Waals surface area contributed by atoms with E-state index < -0.39 is 5.91 Å². The number of hydrogen-bond donors (Lipinski definition) is 2. The van der Waals surface area contributed by atoms with Gasteiger partial charge in [0, 0.05) is 22.7 Å². The van der Waals surface area contributed by atoms with Crippen molar-refractivity contribution in [1.82, 2.24) is 0 Å². The van der Waals surface area contributed by atoms with Crippen molar-refractivity contribution in [3.8, 4) is 5.75 Å². The van der Waals surface area contributed by atoms with Gasteiger partial charge in [0.25, 0.3) is 0 Å². The maximum atomic E-state index is 11.2. The lowest BCUT2D eigenvalue weighted by molar-refractivity contribution is 0.100. The number of benzene rings is 2. The molecule has 2 aromatic carbocycles. The number of nitrogens with one attached hydrogen (secondary N) is 1. The molecular weight excluding hydrogens is 311 g/mol. The Hall–Kier alpha value is -1.91. The highest BCUT2D eigenvalue weighted by atomic mass is 35.5. The van der Waals surface area contributed by atoms with Crippen LogP contribution in [-0.2, 0) is 6.54 Å². The number of carbonyl (C=O) groups is 1. The first-order valence-corrected chi connectivity index (χ1v) is 6.93. The molecule has 0 bridgehead atoms. The van der Waals surface area contributed by atoms with Gasteiger partial charge in [0.2, 0.25) is 5.91 Å². The van der Waals surface area contributed by atoms with Gasteiger partial charge in [0.15, 0.2) is 0 Å². The molecule has 2 rings (SSSR count). The van der Waals surface area contributed by atoms with Crippen molar-refractivity contribution in [3.63, 3.8) is 0 Å². The van der Waals surface area contributed by atoms with E-state index in [9.17, 15) is 4.79 Å². The second-order valence-electron chi connectivity index (χ2n) is 4.33. The van der Waals surface area contributed by atoms with Gasteiger partial charge in [-0.25, -0.2) is 0 Å². The molecule has 21 heavy (non-hydrogen) atoms. The lowest BCUT2D eigenvalue weighted by atomic mass is 10.1. The van der Waals surface area contributed by atoms with E-state index in [1.54, 1.807) is 31.4 Å². The van der Waals surface area contributed by atoms with E-state index in [0.717, 1.165) is 5.56 Å². The van der Waals surface area contributed by atoms with Crippen LogP contribution in [-0.4, -0.2) is 13.0 Å². The van der Waals surface area contributed by atoms with Crippen molar-refractivity contribution < 1.29 is 9.53 Å². The molecule has 0 atom stereocenters. The third-order valence-corrected chi connectivity index (χ3v) is 3.69. The summed E-state index contributed by atoms with van der Waals surface area (Å²) in [6, 6.07) is 10.2. The lowest BCUT2D eigenvalue weighted by Gasteiger charge is -2.13. The van der Waals surface area contributed by atoms with Crippen molar-refractivity contribution in [1.29, 1.82) is 0 Å². The Labute approximate surface area is 132 Å². The number of halogens is 2. The second kappa shape index (κ2) is 6.70. The van der Waals surface area contributed by atoms with Crippen molar-refractivity contribution in [2.45, 2.75) is 6.54 Å². The first-order valence-electron chi connectivity index (χ1n) is 6.17. The van der Waals surface area contributed by atoms with Crippen LogP contribution >= 0.6 is 23.2 Å². The van der Waals surface area contributed by atoms with Crippen molar-refractivity contribution in [3.05, 3.63) is 57.6 Å². The number of amides is 1. The largest absolute Gasteiger partial charge is 0.496 e. The van der Waals surface area contributed by atoms with E-state index >= 15 is 0 Å². The van der Waals surface area contributed by atoms with E-state index in [1.165, 1.54) is 0 Å². The van der Waals surface area contributed by atoms with Crippen LogP contribution in [0.3, 0.4) is 0 Å². The van der Waals surface area contributed by atoms with Crippen LogP contribution in [0.1, 0.15) is 15.9 Å². The van der Waals surface area contributed by atoms with Gasteiger partial charge in [0.05, 0.1) is 17.8 Å². The van der Waals surface area contributed by atoms with Crippen LogP contribution < -0.4 is 15.8 Å². The Morgan fingerprint density at radius 3 is 2.67 bits per heavy atom. The quantitative estimate of drug-likeness (QED) is 0.881. The van der Waals surface area contributed by atoms with Crippen LogP contribution in [0, 0.1) is 0 Å². The van der Waals surface area contributed by atoms with Gasteiger partial charge in [-0.15, -0.1) is 0 Å². The van der Waals surface area contributed by atoms with E-state index in [1.807, 2.05) is 12.1 Å². The number of methoxy groups -OCH3 is 1. The number of rotatable bonds is 5. The molecule has 0 aliphatic rings. The highest BCUT2D eigenvalue weighted by Gasteiger charge is 2.10. The highest BCUT2D eigenvalue weighted by Crippen LogP contribution is 2.29. The molecule has 0 fully saturated rings. The van der Waals surface area contributed by atoms with E-state index in [2.05, 4.69) is 5.32 Å². The normalized spacial score (nSPS) is 10.2. The number of ether oxygens (including phenoxy) is 1. The molecule has 0 aliphatic carbocycles. The molecule has 0 saturated heterocycles. The summed E-state index contributed by atoms with van der Waals surface area (Å²) in [6.45, 7) is 0.408. The summed E-state index contributed by atoms with van der Waals surface area (Å²) < 4.78 is 5.28. The van der Waals surface area contributed by atoms with Crippen molar-refractivity contribution >= 4 is 34.8 Å². The highest BCUT2D eigenvalue weighted by molar-refractivity contribution is 6.33. The van der Waals surface area contributed by atoms with Gasteiger partial charge in [-0.2, -0.15) is 0 Å². The molecular formula is C15H14Cl2N2O2. The molecule has 6 heteroatoms. The fourth-order valence-electron chi connectivity index (χ4n) is 1.90. The zero-order valence-electron chi connectivity index (χ0n) is 11.3. The van der Waals surface area contributed by atoms with E-state index in [4.69, 9.17) is 33.7 Å². The topological polar surface area (TPSA) is 64.3 Å². The van der Waals surface area contributed by atoms with Crippen LogP contribution in [0.15, 0.2) is 36.4 Å². The van der Waals surface area contributed by atoms with Crippen molar-refractivity contribution in [2.75, 3.05) is 12.4 Å². The number of primary amides is 1. The molecule has 3 N–H and O–H groups in total. The maximum Gasteiger partial charge on any atom is 0.248 e. The van der Waals surface area contributed by atoms with Crippen LogP contribution in [0.25, 0.3) is 0 Å². The lowest BCUT2D eigenvalue weighted by Crippen LogP contribution is -2.11. The molecule has 0 aromatic heterocycles. The van der Waals surface area contributed by atoms with E-state index in [0.29, 0.717) is 33.6 Å². The summed E-state index contributed by atoms with van der Waals surface area (Å²) in [7, 11) is 1.58. The van der Waals surface area contributed by atoms with Gasteiger partial charge < -0.3 is 15.8 Å². The predicted octanol–water partition coefficient (Wildman–Crippen LogP) is 3.71. The average molecular weight is 325 g/mol. The number of hydrogen-bond acceptors (Lipinski definition) is 3. The summed E-state index contributed by atoms with van der Waals surface area (Å²) in [5.74, 6) is 0.169. The average Bonchev–Trinajstić information content (AvgIpc) is 2.47. The maximum absolute atomic E-state index is 11.2. The third kappa shape index (κ3) is 3.60. The van der Waals surface area contributed by atoms with Gasteiger partial charge >= 0.3 is 0 Å². The molecule has 0 aliphatic heterocycles. The smallest absolute Gasteiger partial charge is 0.248 e. The Morgan fingerprint density at radius 2 is 2.00 bits per heavy atom. The minimum atomic E-state index is -0.509. The Morgan fingerprint density at radius 1 is 1.24 bits per heavy atom. The van der Waals surface area contributed by atoms with Crippen molar-refractivity contribution in [2.24, 2.45) is 5.73 Å². The molecule has 0 spiro atoms. The molecule has 0 saturated carbocycles. The van der Waals surface area contributed by atoms with Crippen LogP contribution in [0.2, 0.25) is 10.0 Å². The summed E-state index contributed by atoms with van der Waals surface area (Å²) in [5, 5.41) is 4.21. The zero-order chi connectivity index (χ0) is 15.4. The molecule has 0 unspecified atom stereocenters. The standard InChI is InChI=1S/C15H14Cl2N2O2/c1-21-14-4-2-3-11(16)10(14)8-19-13-7-9(15(18)20)5-6-12(13)17/h2-7,19H,8H2,1H3,(H2,18,20). The van der Waals surface area contributed by atoms with Gasteiger partial charge in [-0.05, 0) is 30.3 Å². The van der Waals surface area contributed by atoms with Crippen LogP contribution in [0.5, 0.6) is 5.75 Å². The monoisotopic (exact) mass is 324 g/mol. The minimum Gasteiger partial charge on any atom is -0.496 e. The molecule has 1 amide bonds. The van der Waals surface area contributed by atoms with Crippen LogP contribution in [0.4, 0.5) is 5.69 Å². The first kappa shape index (κ1) is 15.5. The fourth-order valence-corrected chi connectivity index (χ4v) is 2.32. The second-order valence-corrected chi connectivity index (χ2v) is 5.15. The molecule has 110 valence electrons. The summed E-state index contributed by atoms with van der Waals surface area (Å²) in [6.07, 6.45) is 0. The summed E-state index contributed by atoms with van der Waals surface area (Å²) in [4.78, 5) is 11.2. The first-order chi connectivity index (χ1) is 10.0. The fraction of sp³-hybridized carbons (Fsp3) is 0.133. The van der Waals surface area contributed by atoms with Gasteiger partial charge in [-0.1, -0.05) is 29.3 Å². The molecule has 0 heterocycles. The Bertz CT molecular complexity index is 675. The van der Waals surface area contributed by atoms with Gasteiger partial charge in [0.1, 0.15) is 5.75 Å². The minimum absolute atomic E-state index is 0.382. The molecule has 4 nitrogen and oxygen atoms in total. The van der Waals surface area contributed by atoms with Gasteiger partial charge in [-0.3, -0.25) is 4.79 Å². The summed E-state index contributed by atoms with van der Waals surface area (Å²) in [5.41, 5.74) is 7.06.